The lowest BCUT2D eigenvalue weighted by Gasteiger charge is -2.11. The first kappa shape index (κ1) is 21.2. The number of aromatic amines is 1. The summed E-state index contributed by atoms with van der Waals surface area (Å²) in [5, 5.41) is 3.74. The highest BCUT2D eigenvalue weighted by atomic mass is 16.1. The number of anilines is 1. The van der Waals surface area contributed by atoms with Gasteiger partial charge in [-0.2, -0.15) is 0 Å². The molecule has 7 nitrogen and oxygen atoms in total. The molecule has 0 unspecified atom stereocenters. The van der Waals surface area contributed by atoms with Gasteiger partial charge < -0.3 is 10.3 Å². The minimum Gasteiger partial charge on any atom is -0.322 e. The van der Waals surface area contributed by atoms with Gasteiger partial charge in [0.15, 0.2) is 0 Å². The van der Waals surface area contributed by atoms with E-state index in [0.717, 1.165) is 16.5 Å². The molecule has 0 fully saturated rings. The fraction of sp³-hybridized carbons (Fsp3) is 0.0741. The number of aromatic nitrogens is 4. The highest BCUT2D eigenvalue weighted by Crippen LogP contribution is 2.26. The van der Waals surface area contributed by atoms with Crippen molar-refractivity contribution in [3.63, 3.8) is 0 Å². The van der Waals surface area contributed by atoms with Gasteiger partial charge in [0.05, 0.1) is 16.8 Å². The zero-order chi connectivity index (χ0) is 23.5. The first-order valence-corrected chi connectivity index (χ1v) is 10.9. The second-order valence-corrected chi connectivity index (χ2v) is 7.79. The third-order valence-corrected chi connectivity index (χ3v) is 5.47. The normalized spacial score (nSPS) is 10.9. The van der Waals surface area contributed by atoms with Crippen LogP contribution in [0.15, 0.2) is 90.0 Å². The van der Waals surface area contributed by atoms with E-state index < -0.39 is 0 Å². The van der Waals surface area contributed by atoms with Gasteiger partial charge in [-0.05, 0) is 42.8 Å². The van der Waals surface area contributed by atoms with Crippen LogP contribution >= 0.6 is 0 Å². The summed E-state index contributed by atoms with van der Waals surface area (Å²) >= 11 is 0. The Balaban J connectivity index is 1.52. The molecule has 0 spiro atoms. The topological polar surface area (TPSA) is 101 Å². The molecule has 5 aromatic rings. The molecule has 3 heterocycles. The van der Waals surface area contributed by atoms with Crippen molar-refractivity contribution in [3.05, 3.63) is 107 Å². The number of carbonyl (C=O) groups is 1. The zero-order valence-corrected chi connectivity index (χ0v) is 18.4. The number of benzene rings is 2. The molecule has 2 N–H and O–H groups in total. The Morgan fingerprint density at radius 2 is 1.79 bits per heavy atom. The van der Waals surface area contributed by atoms with E-state index in [1.165, 1.54) is 6.07 Å². The summed E-state index contributed by atoms with van der Waals surface area (Å²) in [6, 6.07) is 21.8. The van der Waals surface area contributed by atoms with E-state index in [-0.39, 0.29) is 11.5 Å². The number of rotatable bonds is 5. The Kier molecular flexibility index (Phi) is 5.66. The summed E-state index contributed by atoms with van der Waals surface area (Å²) in [6.07, 6.45) is 4.08. The third kappa shape index (κ3) is 4.31. The highest BCUT2D eigenvalue weighted by molar-refractivity contribution is 6.13. The van der Waals surface area contributed by atoms with E-state index in [9.17, 15) is 9.59 Å². The van der Waals surface area contributed by atoms with Gasteiger partial charge in [-0.3, -0.25) is 14.6 Å². The van der Waals surface area contributed by atoms with E-state index >= 15 is 0 Å². The molecule has 34 heavy (non-hydrogen) atoms. The predicted octanol–water partition coefficient (Wildman–Crippen LogP) is 4.86. The number of nitrogens with one attached hydrogen (secondary N) is 2. The summed E-state index contributed by atoms with van der Waals surface area (Å²) in [7, 11) is 0. The minimum atomic E-state index is -0.260. The molecule has 166 valence electrons. The van der Waals surface area contributed by atoms with Gasteiger partial charge >= 0.3 is 0 Å². The van der Waals surface area contributed by atoms with Crippen LogP contribution in [-0.2, 0) is 6.42 Å². The molecular weight excluding hydrogens is 426 g/mol. The summed E-state index contributed by atoms with van der Waals surface area (Å²) in [6.45, 7) is 1.95. The quantitative estimate of drug-likeness (QED) is 0.401. The molecule has 7 heteroatoms. The summed E-state index contributed by atoms with van der Waals surface area (Å²) in [5.74, 6) is 0.207. The maximum atomic E-state index is 13.4. The summed E-state index contributed by atoms with van der Waals surface area (Å²) in [5.41, 5.74) is 4.54. The maximum absolute atomic E-state index is 13.4. The Morgan fingerprint density at radius 1 is 0.941 bits per heavy atom. The predicted molar refractivity (Wildman–Crippen MR) is 133 cm³/mol. The standard InChI is InChI=1S/C27H21N5O2/c1-2-19-14-25(33)32-26(29-19)17-7-5-9-20(13-17)30-27(34)22-15-24(18-8-6-12-28-16-18)31-23-11-4-3-10-21(22)23/h3-16H,2H2,1H3,(H,30,34)(H,29,32,33). The fourth-order valence-electron chi connectivity index (χ4n) is 3.79. The van der Waals surface area contributed by atoms with Crippen LogP contribution in [0.5, 0.6) is 0 Å². The number of aryl methyl sites for hydroxylation is 1. The van der Waals surface area contributed by atoms with E-state index in [2.05, 4.69) is 20.3 Å². The molecule has 2 aromatic carbocycles. The van der Waals surface area contributed by atoms with Gasteiger partial charge in [0.1, 0.15) is 5.82 Å². The lowest BCUT2D eigenvalue weighted by molar-refractivity contribution is 0.102. The van der Waals surface area contributed by atoms with Crippen LogP contribution in [-0.4, -0.2) is 25.8 Å². The van der Waals surface area contributed by atoms with E-state index in [4.69, 9.17) is 4.98 Å². The zero-order valence-electron chi connectivity index (χ0n) is 18.4. The minimum absolute atomic E-state index is 0.206. The van der Waals surface area contributed by atoms with Gasteiger partial charge in [-0.1, -0.05) is 37.3 Å². The Labute approximate surface area is 195 Å². The number of fused-ring (bicyclic) bond motifs is 1. The van der Waals surface area contributed by atoms with Crippen LogP contribution in [0.2, 0.25) is 0 Å². The van der Waals surface area contributed by atoms with Crippen molar-refractivity contribution in [2.24, 2.45) is 0 Å². The van der Waals surface area contributed by atoms with E-state index in [1.807, 2.05) is 55.5 Å². The number of hydrogen-bond donors (Lipinski definition) is 2. The number of amides is 1. The molecule has 0 saturated heterocycles. The summed E-state index contributed by atoms with van der Waals surface area (Å²) in [4.78, 5) is 41.5. The number of para-hydroxylation sites is 1. The molecule has 0 radical (unpaired) electrons. The van der Waals surface area contributed by atoms with Crippen LogP contribution in [0.1, 0.15) is 23.0 Å². The molecule has 0 aliphatic rings. The molecule has 0 aliphatic carbocycles. The molecule has 0 aliphatic heterocycles. The highest BCUT2D eigenvalue weighted by Gasteiger charge is 2.15. The molecule has 0 saturated carbocycles. The molecule has 3 aromatic heterocycles. The lowest BCUT2D eigenvalue weighted by Crippen LogP contribution is -2.13. The number of hydrogen-bond acceptors (Lipinski definition) is 5. The fourth-order valence-corrected chi connectivity index (χ4v) is 3.79. The Morgan fingerprint density at radius 3 is 2.62 bits per heavy atom. The number of H-pyrrole nitrogens is 1. The van der Waals surface area contributed by atoms with Gasteiger partial charge in [0.25, 0.3) is 11.5 Å². The molecule has 1 amide bonds. The van der Waals surface area contributed by atoms with E-state index in [1.54, 1.807) is 30.6 Å². The largest absolute Gasteiger partial charge is 0.322 e. The van der Waals surface area contributed by atoms with Gasteiger partial charge in [-0.25, -0.2) is 9.97 Å². The van der Waals surface area contributed by atoms with Gasteiger partial charge in [0.2, 0.25) is 0 Å². The lowest BCUT2D eigenvalue weighted by atomic mass is 10.0. The van der Waals surface area contributed by atoms with Gasteiger partial charge in [-0.15, -0.1) is 0 Å². The Bertz CT molecular complexity index is 1560. The van der Waals surface area contributed by atoms with Crippen LogP contribution in [0.4, 0.5) is 5.69 Å². The smallest absolute Gasteiger partial charge is 0.256 e. The molecule has 5 rings (SSSR count). The number of pyridine rings is 2. The van der Waals surface area contributed by atoms with Crippen molar-refractivity contribution in [1.29, 1.82) is 0 Å². The first-order valence-electron chi connectivity index (χ1n) is 10.9. The number of carbonyl (C=O) groups excluding carboxylic acids is 1. The van der Waals surface area contributed by atoms with E-state index in [0.29, 0.717) is 40.4 Å². The first-order chi connectivity index (χ1) is 16.6. The molecule has 0 atom stereocenters. The molecule has 0 bridgehead atoms. The average Bonchev–Trinajstić information content (AvgIpc) is 2.88. The van der Waals surface area contributed by atoms with Crippen molar-refractivity contribution < 1.29 is 4.79 Å². The second-order valence-electron chi connectivity index (χ2n) is 7.79. The summed E-state index contributed by atoms with van der Waals surface area (Å²) < 4.78 is 0. The van der Waals surface area contributed by atoms with Crippen molar-refractivity contribution in [2.75, 3.05) is 5.32 Å². The van der Waals surface area contributed by atoms with Crippen molar-refractivity contribution in [1.82, 2.24) is 19.9 Å². The second kappa shape index (κ2) is 9.07. The van der Waals surface area contributed by atoms with Crippen LogP contribution < -0.4 is 10.9 Å². The third-order valence-electron chi connectivity index (χ3n) is 5.47. The Hall–Kier alpha value is -4.65. The van der Waals surface area contributed by atoms with Crippen LogP contribution in [0, 0.1) is 0 Å². The SMILES string of the molecule is CCc1cc(=O)[nH]c(-c2cccc(NC(=O)c3cc(-c4cccnc4)nc4ccccc34)c2)n1. The monoisotopic (exact) mass is 447 g/mol. The number of nitrogens with zero attached hydrogens (tertiary/aromatic N) is 3. The van der Waals surface area contributed by atoms with Crippen molar-refractivity contribution in [2.45, 2.75) is 13.3 Å². The van der Waals surface area contributed by atoms with Crippen LogP contribution in [0.3, 0.4) is 0 Å². The molecular formula is C27H21N5O2. The van der Waals surface area contributed by atoms with Crippen molar-refractivity contribution >= 4 is 22.5 Å². The van der Waals surface area contributed by atoms with Crippen LogP contribution in [0.25, 0.3) is 33.5 Å². The van der Waals surface area contributed by atoms with Crippen molar-refractivity contribution in [3.8, 4) is 22.6 Å². The average molecular weight is 447 g/mol. The maximum Gasteiger partial charge on any atom is 0.256 e. The van der Waals surface area contributed by atoms with Gasteiger partial charge in [0, 0.05) is 46.4 Å².